The Kier molecular flexibility index (Phi) is 14.3. The first-order valence-electron chi connectivity index (χ1n) is 23.2. The summed E-state index contributed by atoms with van der Waals surface area (Å²) in [6.45, 7) is 4.95. The van der Waals surface area contributed by atoms with Crippen LogP contribution in [0.25, 0.3) is 20.4 Å². The highest BCUT2D eigenvalue weighted by molar-refractivity contribution is 7.19. The monoisotopic (exact) mass is 957 g/mol. The van der Waals surface area contributed by atoms with Gasteiger partial charge in [0.15, 0.2) is 0 Å². The summed E-state index contributed by atoms with van der Waals surface area (Å²) in [4.78, 5) is 62.8. The number of ether oxygens (including phenoxy) is 2. The van der Waals surface area contributed by atoms with Crippen LogP contribution in [-0.2, 0) is 48.4 Å². The zero-order valence-corrected chi connectivity index (χ0v) is 41.2. The van der Waals surface area contributed by atoms with Crippen molar-refractivity contribution in [2.45, 2.75) is 64.5 Å². The highest BCUT2D eigenvalue weighted by Gasteiger charge is 2.33. The molecule has 6 aromatic rings. The number of carbonyl (C=O) groups is 2. The summed E-state index contributed by atoms with van der Waals surface area (Å²) >= 11 is 3.27. The molecule has 68 heavy (non-hydrogen) atoms. The Morgan fingerprint density at radius 3 is 1.60 bits per heavy atom. The van der Waals surface area contributed by atoms with Gasteiger partial charge in [-0.1, -0.05) is 0 Å². The van der Waals surface area contributed by atoms with Gasteiger partial charge in [-0.15, -0.1) is 22.7 Å². The minimum absolute atomic E-state index is 0.0136. The van der Waals surface area contributed by atoms with Crippen molar-refractivity contribution in [1.29, 1.82) is 0 Å². The molecule has 4 aliphatic rings. The zero-order valence-electron chi connectivity index (χ0n) is 39.6. The summed E-state index contributed by atoms with van der Waals surface area (Å²) in [5.41, 5.74) is 8.62. The zero-order chi connectivity index (χ0) is 47.5. The number of aromatic nitrogens is 4. The first-order valence-corrected chi connectivity index (χ1v) is 24.9. The van der Waals surface area contributed by atoms with Gasteiger partial charge in [-0.25, -0.2) is 19.9 Å². The molecule has 6 heterocycles. The van der Waals surface area contributed by atoms with E-state index in [2.05, 4.69) is 89.5 Å². The van der Waals surface area contributed by atoms with E-state index in [0.717, 1.165) is 147 Å². The number of nitrogens with zero attached hydrogens (tertiary/aromatic N) is 9. The molecule has 3 N–H and O–H groups in total. The van der Waals surface area contributed by atoms with Gasteiger partial charge in [0.25, 0.3) is 0 Å². The van der Waals surface area contributed by atoms with Gasteiger partial charge < -0.3 is 39.9 Å². The Balaban J connectivity index is 0.000000180. The van der Waals surface area contributed by atoms with Gasteiger partial charge >= 0.3 is 5.97 Å². The van der Waals surface area contributed by atoms with Crippen molar-refractivity contribution in [3.63, 3.8) is 0 Å². The number of carbonyl (C=O) groups excluding carboxylic acids is 1. The first-order chi connectivity index (χ1) is 33.0. The molecule has 2 aromatic carbocycles. The second-order valence-corrected chi connectivity index (χ2v) is 20.5. The van der Waals surface area contributed by atoms with Gasteiger partial charge in [-0.3, -0.25) is 19.6 Å². The average Bonchev–Trinajstić information content (AvgIpc) is 4.15. The molecule has 1 amide bonds. The van der Waals surface area contributed by atoms with Crippen LogP contribution in [0, 0.1) is 11.8 Å². The fourth-order valence-corrected chi connectivity index (χ4v) is 12.2. The van der Waals surface area contributed by atoms with Crippen molar-refractivity contribution in [2.24, 2.45) is 21.8 Å². The van der Waals surface area contributed by atoms with Crippen LogP contribution in [0.15, 0.2) is 46.9 Å². The van der Waals surface area contributed by atoms with Crippen molar-refractivity contribution >= 4 is 90.4 Å². The van der Waals surface area contributed by atoms with E-state index >= 15 is 0 Å². The minimum Gasteiger partial charge on any atom is -0.495 e. The number of aliphatic carboxylic acids is 1. The molecule has 356 valence electrons. The number of thiophene rings is 2. The van der Waals surface area contributed by atoms with Gasteiger partial charge in [-0.2, -0.15) is 0 Å². The maximum Gasteiger partial charge on any atom is 0.306 e. The molecule has 0 fully saturated rings. The molecule has 16 nitrogen and oxygen atoms in total. The number of methoxy groups -OCH3 is 2. The Bertz CT molecular complexity index is 2900. The number of rotatable bonds is 16. The lowest BCUT2D eigenvalue weighted by Crippen LogP contribution is -2.40. The number of fused-ring (bicyclic) bond motifs is 8. The Labute approximate surface area is 404 Å². The third kappa shape index (κ3) is 10.0. The number of carboxylic acid groups (broad SMARTS) is 1. The van der Waals surface area contributed by atoms with E-state index in [-0.39, 0.29) is 11.8 Å². The number of carboxylic acids is 1. The minimum atomic E-state index is -0.725. The van der Waals surface area contributed by atoms with E-state index in [1.807, 2.05) is 30.6 Å². The second kappa shape index (κ2) is 20.6. The highest BCUT2D eigenvalue weighted by Crippen LogP contribution is 2.44. The standard InChI is InChI=1S/C30H41N7O2S.C20H18N4O3S/c1-35(2)10-6-12-37(13-7-11-36(3)4)30(38)20-8-9-23-26(16-20)40-29-27(23)28(32-19-33-29)34-24-14-21-17-31-18-22(21)15-25(24)39-5;1-27-15-5-12-8-21-7-11(12)4-14(15)24-18-17-13-3-2-10(20(25)26)6-16(13)28-19(17)23-9-22-18/h14-15,17,19-20H,6-13,16,18H2,1-5H3,(H,32,33,34);4-5,7,9-10H,2-3,6,8H2,1H3,(H,25,26)(H,22,23,24)/t20-;10-/m00/s1. The Hall–Kier alpha value is -6.08. The third-order valence-electron chi connectivity index (χ3n) is 13.2. The molecule has 0 saturated carbocycles. The fraction of sp³-hybridized carbons (Fsp3) is 0.440. The number of benzene rings is 2. The SMILES string of the molecule is COc1cc2c(cc1Nc1ncnc3sc4c(c13)CC[C@H](C(=O)N(CCCN(C)C)CCCN(C)C)C4)C=NC2.COc1cc2c(cc1Nc1ncnc3sc4c(c13)CC[C@H](C(=O)O)C4)C=NC2. The molecular formula is C50H59N11O5S2. The summed E-state index contributed by atoms with van der Waals surface area (Å²) in [5.74, 6) is 2.30. The molecule has 18 heteroatoms. The Morgan fingerprint density at radius 2 is 1.15 bits per heavy atom. The molecule has 0 unspecified atom stereocenters. The van der Waals surface area contributed by atoms with Crippen molar-refractivity contribution in [1.82, 2.24) is 34.6 Å². The number of hydrogen-bond donors (Lipinski definition) is 3. The van der Waals surface area contributed by atoms with E-state index in [9.17, 15) is 14.7 Å². The van der Waals surface area contributed by atoms with Crippen LogP contribution in [0.1, 0.15) is 68.8 Å². The summed E-state index contributed by atoms with van der Waals surface area (Å²) in [6.07, 6.45) is 13.3. The first kappa shape index (κ1) is 47.0. The van der Waals surface area contributed by atoms with Gasteiger partial charge in [0, 0.05) is 41.2 Å². The van der Waals surface area contributed by atoms with Crippen LogP contribution in [0.4, 0.5) is 23.0 Å². The van der Waals surface area contributed by atoms with Crippen LogP contribution in [0.5, 0.6) is 11.5 Å². The lowest BCUT2D eigenvalue weighted by atomic mass is 9.86. The summed E-state index contributed by atoms with van der Waals surface area (Å²) in [6, 6.07) is 8.15. The normalized spacial score (nSPS) is 16.6. The molecule has 2 atom stereocenters. The van der Waals surface area contributed by atoms with Crippen molar-refractivity contribution in [2.75, 3.05) is 79.2 Å². The highest BCUT2D eigenvalue weighted by atomic mass is 32.1. The average molecular weight is 958 g/mol. The number of amides is 1. The number of anilines is 4. The maximum atomic E-state index is 13.8. The lowest BCUT2D eigenvalue weighted by Gasteiger charge is -2.30. The topological polar surface area (TPSA) is 183 Å². The van der Waals surface area contributed by atoms with Crippen LogP contribution >= 0.6 is 22.7 Å². The number of aliphatic imine (C=N–C) groups is 2. The van der Waals surface area contributed by atoms with Crippen LogP contribution in [0.3, 0.4) is 0 Å². The predicted octanol–water partition coefficient (Wildman–Crippen LogP) is 7.78. The van der Waals surface area contributed by atoms with E-state index < -0.39 is 5.97 Å². The smallest absolute Gasteiger partial charge is 0.306 e. The molecule has 0 radical (unpaired) electrons. The molecular weight excluding hydrogens is 899 g/mol. The van der Waals surface area contributed by atoms with E-state index in [1.165, 1.54) is 16.0 Å². The van der Waals surface area contributed by atoms with E-state index in [4.69, 9.17) is 9.47 Å². The summed E-state index contributed by atoms with van der Waals surface area (Å²) < 4.78 is 11.3. The lowest BCUT2D eigenvalue weighted by molar-refractivity contribution is -0.142. The maximum absolute atomic E-state index is 13.8. The number of aryl methyl sites for hydroxylation is 2. The van der Waals surface area contributed by atoms with Crippen molar-refractivity contribution in [3.8, 4) is 11.5 Å². The molecule has 2 aliphatic heterocycles. The second-order valence-electron chi connectivity index (χ2n) is 18.4. The van der Waals surface area contributed by atoms with E-state index in [1.54, 1.807) is 49.5 Å². The van der Waals surface area contributed by atoms with Gasteiger partial charge in [0.2, 0.25) is 5.91 Å². The summed E-state index contributed by atoms with van der Waals surface area (Å²) in [5, 5.41) is 18.4. The van der Waals surface area contributed by atoms with E-state index in [0.29, 0.717) is 31.8 Å². The quantitative estimate of drug-likeness (QED) is 0.0856. The number of nitrogens with one attached hydrogen (secondary N) is 2. The van der Waals surface area contributed by atoms with Crippen LogP contribution in [0.2, 0.25) is 0 Å². The number of hydrogen-bond acceptors (Lipinski definition) is 16. The largest absolute Gasteiger partial charge is 0.495 e. The Morgan fingerprint density at radius 1 is 0.676 bits per heavy atom. The molecule has 0 bridgehead atoms. The fourth-order valence-electron chi connectivity index (χ4n) is 9.64. The van der Waals surface area contributed by atoms with Crippen molar-refractivity contribution < 1.29 is 24.2 Å². The van der Waals surface area contributed by atoms with Crippen LogP contribution < -0.4 is 20.1 Å². The molecule has 4 aromatic heterocycles. The van der Waals surface area contributed by atoms with Gasteiger partial charge in [-0.05, 0) is 150 Å². The van der Waals surface area contributed by atoms with Gasteiger partial charge in [0.05, 0.1) is 55.4 Å². The molecule has 0 spiro atoms. The molecule has 0 saturated heterocycles. The van der Waals surface area contributed by atoms with Crippen molar-refractivity contribution in [3.05, 3.63) is 80.1 Å². The summed E-state index contributed by atoms with van der Waals surface area (Å²) in [7, 11) is 11.7. The van der Waals surface area contributed by atoms with Gasteiger partial charge in [0.1, 0.15) is 45.5 Å². The van der Waals surface area contributed by atoms with Crippen LogP contribution in [-0.4, -0.2) is 133 Å². The third-order valence-corrected chi connectivity index (χ3v) is 15.5. The molecule has 10 rings (SSSR count). The molecule has 2 aliphatic carbocycles. The predicted molar refractivity (Wildman–Crippen MR) is 272 cm³/mol.